The van der Waals surface area contributed by atoms with E-state index in [9.17, 15) is 14.0 Å². The third kappa shape index (κ3) is 3.74. The Balaban J connectivity index is 1.43. The van der Waals surface area contributed by atoms with Crippen LogP contribution in [0.1, 0.15) is 41.9 Å². The number of rotatable bonds is 3. The van der Waals surface area contributed by atoms with Crippen LogP contribution in [0.4, 0.5) is 10.1 Å². The van der Waals surface area contributed by atoms with Crippen LogP contribution in [-0.4, -0.2) is 39.8 Å². The van der Waals surface area contributed by atoms with Crippen molar-refractivity contribution < 1.29 is 14.0 Å². The molecule has 4 rings (SSSR count). The third-order valence-corrected chi connectivity index (χ3v) is 5.06. The number of imidazole rings is 1. The molecule has 0 radical (unpaired) electrons. The van der Waals surface area contributed by atoms with Gasteiger partial charge in [0.25, 0.3) is 5.91 Å². The number of anilines is 1. The summed E-state index contributed by atoms with van der Waals surface area (Å²) in [4.78, 5) is 33.6. The molecule has 6 nitrogen and oxygen atoms in total. The lowest BCUT2D eigenvalue weighted by molar-refractivity contribution is -0.114. The number of nitrogens with one attached hydrogen (secondary N) is 2. The first-order valence-electron chi connectivity index (χ1n) is 9.32. The second-order valence-corrected chi connectivity index (χ2v) is 7.11. The molecule has 0 atom stereocenters. The van der Waals surface area contributed by atoms with E-state index in [1.165, 1.54) is 19.1 Å². The average molecular weight is 380 g/mol. The van der Waals surface area contributed by atoms with Crippen molar-refractivity contribution in [3.8, 4) is 0 Å². The Morgan fingerprint density at radius 1 is 1.18 bits per heavy atom. The minimum atomic E-state index is -0.287. The number of H-pyrrole nitrogens is 1. The molecule has 0 unspecified atom stereocenters. The predicted molar refractivity (Wildman–Crippen MR) is 105 cm³/mol. The number of nitrogens with zero attached hydrogens (tertiary/aromatic N) is 2. The van der Waals surface area contributed by atoms with Gasteiger partial charge in [-0.3, -0.25) is 9.59 Å². The molecule has 1 aliphatic heterocycles. The standard InChI is InChI=1S/C21H21FN4O2/c1-13(27)23-17-4-2-3-15(11-17)21(28)26-9-7-14(8-10-26)20-24-18-6-5-16(22)12-19(18)25-20/h2-6,11-12,14H,7-10H2,1H3,(H,23,27)(H,24,25). The van der Waals surface area contributed by atoms with Crippen LogP contribution in [0, 0.1) is 5.82 Å². The Hall–Kier alpha value is -3.22. The van der Waals surface area contributed by atoms with Gasteiger partial charge in [-0.15, -0.1) is 0 Å². The highest BCUT2D eigenvalue weighted by molar-refractivity contribution is 5.96. The van der Waals surface area contributed by atoms with Crippen molar-refractivity contribution in [1.82, 2.24) is 14.9 Å². The SMILES string of the molecule is CC(=O)Nc1cccc(C(=O)N2CCC(c3nc4ccc(F)cc4[nH]3)CC2)c1. The summed E-state index contributed by atoms with van der Waals surface area (Å²) in [5.74, 6) is 0.559. The molecule has 2 amide bonds. The van der Waals surface area contributed by atoms with E-state index in [4.69, 9.17) is 0 Å². The Morgan fingerprint density at radius 3 is 2.71 bits per heavy atom. The van der Waals surface area contributed by atoms with Gasteiger partial charge in [0.15, 0.2) is 0 Å². The molecule has 144 valence electrons. The molecule has 1 aromatic heterocycles. The molecular formula is C21H21FN4O2. The number of hydrogen-bond donors (Lipinski definition) is 2. The normalized spacial score (nSPS) is 15.0. The highest BCUT2D eigenvalue weighted by atomic mass is 19.1. The van der Waals surface area contributed by atoms with E-state index in [1.54, 1.807) is 30.3 Å². The Bertz CT molecular complexity index is 1040. The molecule has 0 spiro atoms. The molecule has 0 saturated carbocycles. The van der Waals surface area contributed by atoms with Gasteiger partial charge in [-0.25, -0.2) is 9.37 Å². The molecule has 0 aliphatic carbocycles. The third-order valence-electron chi connectivity index (χ3n) is 5.06. The van der Waals surface area contributed by atoms with Gasteiger partial charge in [-0.2, -0.15) is 0 Å². The van der Waals surface area contributed by atoms with Gasteiger partial charge < -0.3 is 15.2 Å². The Kier molecular flexibility index (Phi) is 4.81. The maximum absolute atomic E-state index is 13.4. The van der Waals surface area contributed by atoms with Crippen LogP contribution in [0.25, 0.3) is 11.0 Å². The van der Waals surface area contributed by atoms with Crippen molar-refractivity contribution in [1.29, 1.82) is 0 Å². The lowest BCUT2D eigenvalue weighted by Crippen LogP contribution is -2.38. The first-order valence-corrected chi connectivity index (χ1v) is 9.32. The van der Waals surface area contributed by atoms with Crippen molar-refractivity contribution in [2.24, 2.45) is 0 Å². The second-order valence-electron chi connectivity index (χ2n) is 7.11. The van der Waals surface area contributed by atoms with E-state index in [-0.39, 0.29) is 23.5 Å². The van der Waals surface area contributed by atoms with Crippen molar-refractivity contribution in [2.45, 2.75) is 25.7 Å². The number of fused-ring (bicyclic) bond motifs is 1. The van der Waals surface area contributed by atoms with Crippen LogP contribution in [0.3, 0.4) is 0 Å². The number of likely N-dealkylation sites (tertiary alicyclic amines) is 1. The zero-order valence-electron chi connectivity index (χ0n) is 15.5. The largest absolute Gasteiger partial charge is 0.342 e. The molecule has 3 aromatic rings. The molecule has 1 fully saturated rings. The summed E-state index contributed by atoms with van der Waals surface area (Å²) in [6.07, 6.45) is 1.58. The van der Waals surface area contributed by atoms with Crippen molar-refractivity contribution in [3.05, 3.63) is 59.7 Å². The van der Waals surface area contributed by atoms with Crippen LogP contribution in [-0.2, 0) is 4.79 Å². The van der Waals surface area contributed by atoms with Gasteiger partial charge in [-0.05, 0) is 49.2 Å². The fourth-order valence-corrected chi connectivity index (χ4v) is 3.67. The number of hydrogen-bond acceptors (Lipinski definition) is 3. The van der Waals surface area contributed by atoms with E-state index in [1.807, 2.05) is 4.90 Å². The predicted octanol–water partition coefficient (Wildman–Crippen LogP) is 3.68. The van der Waals surface area contributed by atoms with Crippen molar-refractivity contribution in [2.75, 3.05) is 18.4 Å². The van der Waals surface area contributed by atoms with Crippen LogP contribution >= 0.6 is 0 Å². The lowest BCUT2D eigenvalue weighted by Gasteiger charge is -2.31. The average Bonchev–Trinajstić information content (AvgIpc) is 3.10. The number of carbonyl (C=O) groups excluding carboxylic acids is 2. The molecule has 1 saturated heterocycles. The topological polar surface area (TPSA) is 78.1 Å². The number of halogens is 1. The quantitative estimate of drug-likeness (QED) is 0.728. The number of benzene rings is 2. The maximum atomic E-state index is 13.4. The summed E-state index contributed by atoms with van der Waals surface area (Å²) >= 11 is 0. The number of piperidine rings is 1. The molecule has 0 bridgehead atoms. The van der Waals surface area contributed by atoms with E-state index in [0.29, 0.717) is 29.9 Å². The van der Waals surface area contributed by atoms with Gasteiger partial charge in [-0.1, -0.05) is 6.07 Å². The Labute approximate surface area is 161 Å². The zero-order valence-corrected chi connectivity index (χ0v) is 15.5. The molecule has 2 N–H and O–H groups in total. The van der Waals surface area contributed by atoms with E-state index >= 15 is 0 Å². The van der Waals surface area contributed by atoms with Crippen LogP contribution in [0.15, 0.2) is 42.5 Å². The molecule has 2 heterocycles. The van der Waals surface area contributed by atoms with Crippen molar-refractivity contribution >= 4 is 28.5 Å². The monoisotopic (exact) mass is 380 g/mol. The van der Waals surface area contributed by atoms with E-state index in [0.717, 1.165) is 24.2 Å². The number of aromatic amines is 1. The number of carbonyl (C=O) groups is 2. The van der Waals surface area contributed by atoms with E-state index < -0.39 is 0 Å². The molecule has 2 aromatic carbocycles. The summed E-state index contributed by atoms with van der Waals surface area (Å²) in [7, 11) is 0. The van der Waals surface area contributed by atoms with Gasteiger partial charge >= 0.3 is 0 Å². The number of amides is 2. The first kappa shape index (κ1) is 18.2. The summed E-state index contributed by atoms with van der Waals surface area (Å²) in [5, 5.41) is 2.70. The fraction of sp³-hybridized carbons (Fsp3) is 0.286. The Morgan fingerprint density at radius 2 is 1.96 bits per heavy atom. The molecular weight excluding hydrogens is 359 g/mol. The van der Waals surface area contributed by atoms with Gasteiger partial charge in [0.05, 0.1) is 11.0 Å². The minimum absolute atomic E-state index is 0.0441. The maximum Gasteiger partial charge on any atom is 0.253 e. The minimum Gasteiger partial charge on any atom is -0.342 e. The van der Waals surface area contributed by atoms with Crippen LogP contribution < -0.4 is 5.32 Å². The van der Waals surface area contributed by atoms with Crippen LogP contribution in [0.2, 0.25) is 0 Å². The van der Waals surface area contributed by atoms with Gasteiger partial charge in [0.2, 0.25) is 5.91 Å². The molecule has 7 heteroatoms. The summed E-state index contributed by atoms with van der Waals surface area (Å²) < 4.78 is 13.4. The molecule has 28 heavy (non-hydrogen) atoms. The van der Waals surface area contributed by atoms with Gasteiger partial charge in [0.1, 0.15) is 11.6 Å². The van der Waals surface area contributed by atoms with Crippen LogP contribution in [0.5, 0.6) is 0 Å². The number of aromatic nitrogens is 2. The summed E-state index contributed by atoms with van der Waals surface area (Å²) in [6.45, 7) is 2.68. The van der Waals surface area contributed by atoms with Gasteiger partial charge in [0, 0.05) is 37.2 Å². The lowest BCUT2D eigenvalue weighted by atomic mass is 9.95. The highest BCUT2D eigenvalue weighted by Crippen LogP contribution is 2.28. The first-order chi connectivity index (χ1) is 13.5. The smallest absolute Gasteiger partial charge is 0.253 e. The fourth-order valence-electron chi connectivity index (χ4n) is 3.67. The highest BCUT2D eigenvalue weighted by Gasteiger charge is 2.26. The van der Waals surface area contributed by atoms with Crippen molar-refractivity contribution in [3.63, 3.8) is 0 Å². The molecule has 1 aliphatic rings. The summed E-state index contributed by atoms with van der Waals surface area (Å²) in [5.41, 5.74) is 2.62. The zero-order chi connectivity index (χ0) is 19.7. The van der Waals surface area contributed by atoms with E-state index in [2.05, 4.69) is 15.3 Å². The summed E-state index contributed by atoms with van der Waals surface area (Å²) in [6, 6.07) is 11.5. The second kappa shape index (κ2) is 7.42.